The third-order valence-corrected chi connectivity index (χ3v) is 9.75. The average Bonchev–Trinajstić information content (AvgIpc) is 3.67. The van der Waals surface area contributed by atoms with Crippen molar-refractivity contribution in [2.24, 2.45) is 29.1 Å². The molecule has 1 aromatic carbocycles. The number of fused-ring (bicyclic) bond motifs is 4. The summed E-state index contributed by atoms with van der Waals surface area (Å²) in [7, 11) is 0. The summed E-state index contributed by atoms with van der Waals surface area (Å²) in [6, 6.07) is 9.31. The number of hydrogen-bond acceptors (Lipinski definition) is 8. The smallest absolute Gasteiger partial charge is 0.331 e. The molecular formula is C33H40O8. The lowest BCUT2D eigenvalue weighted by Crippen LogP contribution is -2.52. The van der Waals surface area contributed by atoms with E-state index >= 15 is 0 Å². The number of carbonyl (C=O) groups is 4. The monoisotopic (exact) mass is 564 g/mol. The van der Waals surface area contributed by atoms with Crippen LogP contribution in [0.1, 0.15) is 66.4 Å². The van der Waals surface area contributed by atoms with E-state index in [1.54, 1.807) is 13.0 Å². The highest BCUT2D eigenvalue weighted by molar-refractivity contribution is 6.04. The summed E-state index contributed by atoms with van der Waals surface area (Å²) in [5.74, 6) is -2.75. The van der Waals surface area contributed by atoms with Crippen LogP contribution in [0, 0.1) is 29.1 Å². The van der Waals surface area contributed by atoms with Gasteiger partial charge in [-0.25, -0.2) is 4.79 Å². The summed E-state index contributed by atoms with van der Waals surface area (Å²) >= 11 is 0. The standard InChI is InChI=1S/C33H40O8/c1-19-16-25-24(31(25,4)5)14-15-32(6)30(41-32)27-28(39-21(3)35)23(18-38-20(2)34)17-33(27,29(19)37)40-26(36)13-12-22-10-8-7-9-11-22/h7-13,16,23-25,27-28,30H,14-15,17-18H2,1-6H3/b13-12+,19-16+/t23-,24+,25-,27-,28+,30-,32-,33-/m1/s1. The zero-order valence-corrected chi connectivity index (χ0v) is 24.7. The molecule has 0 N–H and O–H groups in total. The van der Waals surface area contributed by atoms with Crippen LogP contribution in [0.3, 0.4) is 0 Å². The number of rotatable bonds is 6. The number of ketones is 1. The zero-order chi connectivity index (χ0) is 29.7. The molecule has 220 valence electrons. The number of ether oxygens (including phenoxy) is 4. The molecule has 0 aromatic heterocycles. The second kappa shape index (κ2) is 10.5. The molecule has 3 aliphatic carbocycles. The van der Waals surface area contributed by atoms with Gasteiger partial charge in [0.1, 0.15) is 6.10 Å². The van der Waals surface area contributed by atoms with E-state index in [9.17, 15) is 19.2 Å². The molecule has 0 bridgehead atoms. The van der Waals surface area contributed by atoms with Crippen LogP contribution in [0.15, 0.2) is 48.1 Å². The molecule has 8 nitrogen and oxygen atoms in total. The molecular weight excluding hydrogens is 524 g/mol. The number of epoxide rings is 1. The van der Waals surface area contributed by atoms with E-state index in [1.807, 2.05) is 43.3 Å². The predicted molar refractivity (Wildman–Crippen MR) is 150 cm³/mol. The zero-order valence-electron chi connectivity index (χ0n) is 24.7. The highest BCUT2D eigenvalue weighted by atomic mass is 16.6. The summed E-state index contributed by atoms with van der Waals surface area (Å²) in [6.07, 6.45) is 5.35. The topological polar surface area (TPSA) is 108 Å². The number of carbonyl (C=O) groups excluding carboxylic acids is 4. The van der Waals surface area contributed by atoms with E-state index in [0.29, 0.717) is 11.5 Å². The molecule has 8 atom stereocenters. The molecule has 3 fully saturated rings. The van der Waals surface area contributed by atoms with E-state index in [0.717, 1.165) is 18.4 Å². The Bertz CT molecular complexity index is 1300. The third kappa shape index (κ3) is 5.51. The molecule has 1 heterocycles. The minimum Gasteiger partial charge on any atom is -0.465 e. The van der Waals surface area contributed by atoms with Gasteiger partial charge in [-0.1, -0.05) is 50.3 Å². The fraction of sp³-hybridized carbons (Fsp3) is 0.576. The number of benzene rings is 1. The van der Waals surface area contributed by atoms with E-state index < -0.39 is 53.2 Å². The van der Waals surface area contributed by atoms with Crippen LogP contribution < -0.4 is 0 Å². The van der Waals surface area contributed by atoms with E-state index in [2.05, 4.69) is 13.8 Å². The van der Waals surface area contributed by atoms with Crippen molar-refractivity contribution in [3.05, 3.63) is 53.6 Å². The molecule has 1 aliphatic heterocycles. The Hall–Kier alpha value is -3.26. The van der Waals surface area contributed by atoms with E-state index in [1.165, 1.54) is 19.9 Å². The van der Waals surface area contributed by atoms with Crippen LogP contribution in [-0.2, 0) is 38.1 Å². The van der Waals surface area contributed by atoms with Gasteiger partial charge >= 0.3 is 17.9 Å². The fourth-order valence-electron chi connectivity index (χ4n) is 7.40. The Morgan fingerprint density at radius 3 is 2.44 bits per heavy atom. The number of Topliss-reactive ketones (excluding diaryl/α,β-unsaturated/α-hetero) is 1. The average molecular weight is 565 g/mol. The summed E-state index contributed by atoms with van der Waals surface area (Å²) in [4.78, 5) is 52.2. The Morgan fingerprint density at radius 2 is 1.78 bits per heavy atom. The van der Waals surface area contributed by atoms with Gasteiger partial charge in [0, 0.05) is 32.3 Å². The molecule has 41 heavy (non-hydrogen) atoms. The predicted octanol–water partition coefficient (Wildman–Crippen LogP) is 4.85. The first-order chi connectivity index (χ1) is 19.3. The summed E-state index contributed by atoms with van der Waals surface area (Å²) in [5.41, 5.74) is -0.879. The van der Waals surface area contributed by atoms with Crippen LogP contribution in [0.2, 0.25) is 0 Å². The summed E-state index contributed by atoms with van der Waals surface area (Å²) in [6.45, 7) is 10.7. The quantitative estimate of drug-likeness (QED) is 0.209. The first-order valence-corrected chi connectivity index (χ1v) is 14.5. The van der Waals surface area contributed by atoms with Gasteiger partial charge in [-0.15, -0.1) is 0 Å². The van der Waals surface area contributed by atoms with Crippen molar-refractivity contribution >= 4 is 29.8 Å². The number of allylic oxidation sites excluding steroid dienone is 1. The SMILES string of the molecule is CC(=O)OC[C@H]1C[C@]2(OC(=O)/C=C/c3ccccc3)C(=O)/C(C)=C/[C@@H]3[C@H](CC[C@@]4(C)O[C@@H]4[C@H]2[C@H]1OC(C)=O)C3(C)C. The van der Waals surface area contributed by atoms with Gasteiger partial charge in [0.05, 0.1) is 24.2 Å². The summed E-state index contributed by atoms with van der Waals surface area (Å²) < 4.78 is 23.8. The molecule has 0 spiro atoms. The molecule has 0 amide bonds. The van der Waals surface area contributed by atoms with Crippen molar-refractivity contribution in [1.82, 2.24) is 0 Å². The van der Waals surface area contributed by atoms with Gasteiger partial charge in [0.2, 0.25) is 5.78 Å². The molecule has 1 aromatic rings. The molecule has 0 radical (unpaired) electrons. The summed E-state index contributed by atoms with van der Waals surface area (Å²) in [5, 5.41) is 0. The van der Waals surface area contributed by atoms with Crippen molar-refractivity contribution in [3.8, 4) is 0 Å². The molecule has 8 heteroatoms. The minimum atomic E-state index is -1.68. The van der Waals surface area contributed by atoms with Crippen molar-refractivity contribution in [2.75, 3.05) is 6.61 Å². The lowest BCUT2D eigenvalue weighted by atomic mass is 9.77. The van der Waals surface area contributed by atoms with Gasteiger partial charge < -0.3 is 18.9 Å². The highest BCUT2D eigenvalue weighted by Crippen LogP contribution is 2.65. The largest absolute Gasteiger partial charge is 0.465 e. The van der Waals surface area contributed by atoms with Crippen LogP contribution >= 0.6 is 0 Å². The highest BCUT2D eigenvalue weighted by Gasteiger charge is 2.73. The lowest BCUT2D eigenvalue weighted by molar-refractivity contribution is -0.171. The maximum absolute atomic E-state index is 14.6. The maximum Gasteiger partial charge on any atom is 0.331 e. The van der Waals surface area contributed by atoms with Crippen LogP contribution in [0.25, 0.3) is 6.08 Å². The van der Waals surface area contributed by atoms with Crippen molar-refractivity contribution in [3.63, 3.8) is 0 Å². The van der Waals surface area contributed by atoms with Crippen molar-refractivity contribution in [2.45, 2.75) is 84.2 Å². The first kappa shape index (κ1) is 29.2. The van der Waals surface area contributed by atoms with Crippen LogP contribution in [0.5, 0.6) is 0 Å². The first-order valence-electron chi connectivity index (χ1n) is 14.5. The van der Waals surface area contributed by atoms with Gasteiger partial charge in [0.25, 0.3) is 0 Å². The Balaban J connectivity index is 1.60. The molecule has 1 saturated heterocycles. The Kier molecular flexibility index (Phi) is 7.51. The molecule has 0 unspecified atom stereocenters. The Labute approximate surface area is 241 Å². The third-order valence-electron chi connectivity index (χ3n) is 9.75. The van der Waals surface area contributed by atoms with Crippen LogP contribution in [-0.4, -0.2) is 53.7 Å². The van der Waals surface area contributed by atoms with Gasteiger partial charge in [-0.05, 0) is 61.2 Å². The number of hydrogen-bond donors (Lipinski definition) is 0. The van der Waals surface area contributed by atoms with Crippen LogP contribution in [0.4, 0.5) is 0 Å². The van der Waals surface area contributed by atoms with Gasteiger partial charge in [-0.2, -0.15) is 0 Å². The molecule has 4 aliphatic rings. The second-order valence-electron chi connectivity index (χ2n) is 12.9. The van der Waals surface area contributed by atoms with Crippen molar-refractivity contribution < 1.29 is 38.1 Å². The molecule has 2 saturated carbocycles. The van der Waals surface area contributed by atoms with Crippen molar-refractivity contribution in [1.29, 1.82) is 0 Å². The normalized spacial score (nSPS) is 38.3. The van der Waals surface area contributed by atoms with Gasteiger partial charge in [0.15, 0.2) is 5.60 Å². The van der Waals surface area contributed by atoms with E-state index in [-0.39, 0.29) is 30.1 Å². The second-order valence-corrected chi connectivity index (χ2v) is 12.9. The Morgan fingerprint density at radius 1 is 1.07 bits per heavy atom. The van der Waals surface area contributed by atoms with Gasteiger partial charge in [-0.3, -0.25) is 14.4 Å². The number of esters is 3. The fourth-order valence-corrected chi connectivity index (χ4v) is 7.40. The minimum absolute atomic E-state index is 0.0330. The lowest BCUT2D eigenvalue weighted by Gasteiger charge is -2.35. The maximum atomic E-state index is 14.6. The molecule has 5 rings (SSSR count). The van der Waals surface area contributed by atoms with E-state index in [4.69, 9.17) is 18.9 Å².